The highest BCUT2D eigenvalue weighted by molar-refractivity contribution is 7.84. The Hall–Kier alpha value is -2.13. The van der Waals surface area contributed by atoms with Crippen molar-refractivity contribution in [2.24, 2.45) is 23.7 Å². The molecule has 7 nitrogen and oxygen atoms in total. The van der Waals surface area contributed by atoms with Crippen LogP contribution in [0.15, 0.2) is 36.4 Å². The van der Waals surface area contributed by atoms with Crippen molar-refractivity contribution in [2.45, 2.75) is 88.6 Å². The van der Waals surface area contributed by atoms with Crippen LogP contribution >= 0.6 is 11.6 Å². The second-order valence-electron chi connectivity index (χ2n) is 14.3. The molecule has 1 amide bonds. The molecule has 45 heavy (non-hydrogen) atoms. The van der Waals surface area contributed by atoms with Crippen LogP contribution in [0.4, 0.5) is 5.69 Å². The first-order chi connectivity index (χ1) is 21.8. The average molecular weight is 655 g/mol. The van der Waals surface area contributed by atoms with E-state index in [4.69, 9.17) is 25.8 Å². The highest BCUT2D eigenvalue weighted by Gasteiger charge is 2.46. The Morgan fingerprint density at radius 3 is 2.62 bits per heavy atom. The fourth-order valence-corrected chi connectivity index (χ4v) is 9.83. The van der Waals surface area contributed by atoms with E-state index in [9.17, 15) is 9.00 Å². The van der Waals surface area contributed by atoms with Gasteiger partial charge in [0.1, 0.15) is 16.7 Å². The van der Waals surface area contributed by atoms with Gasteiger partial charge in [0.25, 0.3) is 5.91 Å². The summed E-state index contributed by atoms with van der Waals surface area (Å²) in [5.41, 5.74) is 3.94. The molecule has 0 radical (unpaired) electrons. The van der Waals surface area contributed by atoms with Crippen molar-refractivity contribution in [3.8, 4) is 5.75 Å². The largest absolute Gasteiger partial charge is 0.490 e. The van der Waals surface area contributed by atoms with E-state index in [1.54, 1.807) is 0 Å². The number of benzene rings is 2. The summed E-state index contributed by atoms with van der Waals surface area (Å²) in [5.74, 6) is 2.06. The number of nitrogens with zero attached hydrogens (tertiary/aromatic N) is 1. The molecule has 244 valence electrons. The van der Waals surface area contributed by atoms with Crippen molar-refractivity contribution >= 4 is 34.2 Å². The van der Waals surface area contributed by atoms with Crippen LogP contribution in [0.5, 0.6) is 5.75 Å². The lowest BCUT2D eigenvalue weighted by Gasteiger charge is -2.48. The predicted molar refractivity (Wildman–Crippen MR) is 178 cm³/mol. The van der Waals surface area contributed by atoms with Gasteiger partial charge in [0.2, 0.25) is 0 Å². The third-order valence-corrected chi connectivity index (χ3v) is 13.3. The number of hydrogen-bond acceptors (Lipinski definition) is 6. The van der Waals surface area contributed by atoms with Crippen LogP contribution in [0.1, 0.15) is 86.7 Å². The molecule has 3 heterocycles. The summed E-state index contributed by atoms with van der Waals surface area (Å²) in [6.45, 7) is 7.93. The second kappa shape index (κ2) is 13.2. The van der Waals surface area contributed by atoms with Gasteiger partial charge in [-0.25, -0.2) is 4.21 Å². The van der Waals surface area contributed by atoms with Crippen molar-refractivity contribution < 1.29 is 23.2 Å². The Labute approximate surface area is 275 Å². The van der Waals surface area contributed by atoms with Crippen LogP contribution in [0, 0.1) is 23.7 Å². The van der Waals surface area contributed by atoms with E-state index in [1.165, 1.54) is 24.0 Å². The summed E-state index contributed by atoms with van der Waals surface area (Å²) < 4.78 is 35.4. The Bertz CT molecular complexity index is 1430. The number of nitrogens with one attached hydrogen (secondary N) is 1. The molecule has 1 saturated heterocycles. The molecule has 2 aliphatic carbocycles. The zero-order chi connectivity index (χ0) is 31.1. The van der Waals surface area contributed by atoms with Crippen molar-refractivity contribution in [1.82, 2.24) is 4.72 Å². The van der Waals surface area contributed by atoms with Gasteiger partial charge < -0.3 is 19.1 Å². The van der Waals surface area contributed by atoms with Gasteiger partial charge in [0.05, 0.1) is 30.8 Å². The molecule has 2 aromatic rings. The van der Waals surface area contributed by atoms with E-state index in [0.717, 1.165) is 87.7 Å². The summed E-state index contributed by atoms with van der Waals surface area (Å²) in [4.78, 5) is 16.0. The smallest absolute Gasteiger partial charge is 0.263 e. The van der Waals surface area contributed by atoms with Crippen molar-refractivity contribution in [3.05, 3.63) is 58.1 Å². The molecular weight excluding hydrogens is 608 g/mol. The Kier molecular flexibility index (Phi) is 9.21. The lowest BCUT2D eigenvalue weighted by molar-refractivity contribution is -0.224. The van der Waals surface area contributed by atoms with Gasteiger partial charge in [-0.3, -0.25) is 9.52 Å². The molecule has 2 bridgehead atoms. The molecular formula is C36H47ClN2O5S. The third kappa shape index (κ3) is 6.29. The zero-order valence-corrected chi connectivity index (χ0v) is 28.2. The van der Waals surface area contributed by atoms with Crippen molar-refractivity contribution in [1.29, 1.82) is 0 Å². The summed E-state index contributed by atoms with van der Waals surface area (Å²) >= 11 is 6.46. The van der Waals surface area contributed by atoms with Crippen LogP contribution in [-0.4, -0.2) is 54.6 Å². The quantitative estimate of drug-likeness (QED) is 0.364. The van der Waals surface area contributed by atoms with Gasteiger partial charge in [-0.15, -0.1) is 0 Å². The van der Waals surface area contributed by atoms with Crippen LogP contribution < -0.4 is 14.4 Å². The van der Waals surface area contributed by atoms with E-state index in [1.807, 2.05) is 31.2 Å². The number of aryl methyl sites for hydroxylation is 1. The molecule has 0 aromatic heterocycles. The maximum atomic E-state index is 13.5. The summed E-state index contributed by atoms with van der Waals surface area (Å²) in [6, 6.07) is 12.1. The van der Waals surface area contributed by atoms with Gasteiger partial charge in [0, 0.05) is 35.0 Å². The minimum absolute atomic E-state index is 0.153. The van der Waals surface area contributed by atoms with E-state index in [2.05, 4.69) is 28.7 Å². The van der Waals surface area contributed by atoms with Crippen LogP contribution in [0.3, 0.4) is 0 Å². The molecule has 9 heteroatoms. The fraction of sp³-hybridized carbons (Fsp3) is 0.639. The normalized spacial score (nSPS) is 34.5. The minimum Gasteiger partial charge on any atom is -0.490 e. The number of carbonyl (C=O) groups excluding carboxylic acids is 1. The SMILES string of the molecule is CC1CCCC(C2OCCCO2)C2CCC2CN2C[C@@]3(CCCc4cc(Cl)ccc43)COc3ccc(cc32)C(=O)NS(=O)C1C. The maximum Gasteiger partial charge on any atom is 0.263 e. The van der Waals surface area contributed by atoms with Gasteiger partial charge >= 0.3 is 0 Å². The summed E-state index contributed by atoms with van der Waals surface area (Å²) in [7, 11) is -1.49. The van der Waals surface area contributed by atoms with E-state index in [0.29, 0.717) is 29.9 Å². The van der Waals surface area contributed by atoms with Crippen LogP contribution in [0.25, 0.3) is 0 Å². The molecule has 5 aliphatic rings. The first kappa shape index (κ1) is 31.5. The van der Waals surface area contributed by atoms with E-state index < -0.39 is 11.0 Å². The predicted octanol–water partition coefficient (Wildman–Crippen LogP) is 6.82. The number of halogens is 1. The highest BCUT2D eigenvalue weighted by Crippen LogP contribution is 2.49. The van der Waals surface area contributed by atoms with E-state index >= 15 is 0 Å². The second-order valence-corrected chi connectivity index (χ2v) is 16.2. The molecule has 6 unspecified atom stereocenters. The van der Waals surface area contributed by atoms with Crippen molar-refractivity contribution in [2.75, 3.05) is 37.8 Å². The molecule has 2 aromatic carbocycles. The van der Waals surface area contributed by atoms with Gasteiger partial charge in [-0.1, -0.05) is 31.0 Å². The fourth-order valence-electron chi connectivity index (χ4n) is 8.59. The number of amides is 1. The zero-order valence-electron chi connectivity index (χ0n) is 26.6. The first-order valence-electron chi connectivity index (χ1n) is 17.1. The van der Waals surface area contributed by atoms with Crippen LogP contribution in [-0.2, 0) is 32.3 Å². The molecule has 1 N–H and O–H groups in total. The summed E-state index contributed by atoms with van der Waals surface area (Å²) in [5, 5.41) is 0.625. The third-order valence-electron chi connectivity index (χ3n) is 11.5. The minimum atomic E-state index is -1.49. The van der Waals surface area contributed by atoms with Gasteiger partial charge in [0.15, 0.2) is 6.29 Å². The monoisotopic (exact) mass is 654 g/mol. The van der Waals surface area contributed by atoms with Crippen molar-refractivity contribution in [3.63, 3.8) is 0 Å². The molecule has 7 rings (SSSR count). The molecule has 1 spiro atoms. The highest BCUT2D eigenvalue weighted by atomic mass is 35.5. The Balaban J connectivity index is 1.27. The average Bonchev–Trinajstić information content (AvgIpc) is 3.18. The molecule has 7 atom stereocenters. The maximum absolute atomic E-state index is 13.5. The number of rotatable bonds is 1. The number of carbonyl (C=O) groups is 1. The lowest BCUT2D eigenvalue weighted by Crippen LogP contribution is -2.50. The van der Waals surface area contributed by atoms with Gasteiger partial charge in [-0.05, 0) is 118 Å². The number of ether oxygens (including phenoxy) is 3. The first-order valence-corrected chi connectivity index (χ1v) is 18.7. The number of anilines is 1. The lowest BCUT2D eigenvalue weighted by atomic mass is 9.64. The van der Waals surface area contributed by atoms with Crippen LogP contribution in [0.2, 0.25) is 5.02 Å². The topological polar surface area (TPSA) is 77.1 Å². The van der Waals surface area contributed by atoms with Gasteiger partial charge in [-0.2, -0.15) is 0 Å². The molecule has 2 fully saturated rings. The summed E-state index contributed by atoms with van der Waals surface area (Å²) in [6.07, 6.45) is 9.31. The number of hydrogen-bond donors (Lipinski definition) is 1. The van der Waals surface area contributed by atoms with E-state index in [-0.39, 0.29) is 28.8 Å². The molecule has 1 saturated carbocycles. The molecule has 3 aliphatic heterocycles. The Morgan fingerprint density at radius 2 is 1.82 bits per heavy atom. The number of fused-ring (bicyclic) bond motifs is 4. The Morgan fingerprint density at radius 1 is 0.978 bits per heavy atom. The standard InChI is InChI=1S/C36H47ClN2O5S/c1-23-6-3-8-30(35-42-16-5-17-43-35)29-12-9-27(29)20-39-21-36(15-4-7-25-18-28(37)11-13-31(25)36)22-44-33-14-10-26(19-32(33)39)34(40)38-45(41)24(23)2/h10-11,13-14,18-19,23-24,27,29-30,35H,3-9,12,15-17,20-22H2,1-2H3,(H,38,40)/t23?,24?,27?,29?,30?,36-,45?/m0/s1.